The van der Waals surface area contributed by atoms with Crippen molar-refractivity contribution in [3.05, 3.63) is 24.4 Å². The van der Waals surface area contributed by atoms with Crippen molar-refractivity contribution in [3.8, 4) is 0 Å². The van der Waals surface area contributed by atoms with Crippen molar-refractivity contribution < 1.29 is 0 Å². The van der Waals surface area contributed by atoms with Gasteiger partial charge in [0.2, 0.25) is 0 Å². The van der Waals surface area contributed by atoms with E-state index in [1.165, 1.54) is 5.57 Å². The van der Waals surface area contributed by atoms with Crippen molar-refractivity contribution >= 4 is 6.21 Å². The molecule has 1 unspecified atom stereocenters. The molecule has 0 amide bonds. The fourth-order valence-corrected chi connectivity index (χ4v) is 0.568. The molecule has 0 saturated heterocycles. The van der Waals surface area contributed by atoms with Gasteiger partial charge in [-0.3, -0.25) is 4.99 Å². The van der Waals surface area contributed by atoms with Crippen LogP contribution in [-0.4, -0.2) is 6.21 Å². The molecule has 0 N–H and O–H groups in total. The Balaban J connectivity index is 3.70. The molecule has 0 radical (unpaired) electrons. The van der Waals surface area contributed by atoms with Gasteiger partial charge in [-0.05, 0) is 26.2 Å². The minimum absolute atomic E-state index is 0.526. The van der Waals surface area contributed by atoms with Gasteiger partial charge in [0.15, 0.2) is 0 Å². The summed E-state index contributed by atoms with van der Waals surface area (Å²) in [5, 5.41) is 0. The van der Waals surface area contributed by atoms with Crippen LogP contribution in [0.15, 0.2) is 29.4 Å². The van der Waals surface area contributed by atoms with Crippen LogP contribution in [0.4, 0.5) is 0 Å². The minimum atomic E-state index is 0.526. The quantitative estimate of drug-likeness (QED) is 0.432. The number of rotatable bonds is 4. The molecular weight excluding hydrogens is 134 g/mol. The SMILES string of the molecule is C=C(C)/N=C/CC(C)C(=C)C. The minimum Gasteiger partial charge on any atom is -0.267 e. The average molecular weight is 151 g/mol. The van der Waals surface area contributed by atoms with E-state index in [0.29, 0.717) is 5.92 Å². The highest BCUT2D eigenvalue weighted by atomic mass is 14.7. The summed E-state index contributed by atoms with van der Waals surface area (Å²) in [6.45, 7) is 13.6. The molecule has 0 bridgehead atoms. The lowest BCUT2D eigenvalue weighted by molar-refractivity contribution is 0.725. The molecule has 0 saturated carbocycles. The molecule has 0 aliphatic carbocycles. The highest BCUT2D eigenvalue weighted by molar-refractivity contribution is 5.59. The van der Waals surface area contributed by atoms with Gasteiger partial charge in [-0.15, -0.1) is 0 Å². The molecule has 0 aliphatic heterocycles. The third-order valence-electron chi connectivity index (χ3n) is 1.61. The Kier molecular flexibility index (Phi) is 4.51. The van der Waals surface area contributed by atoms with Gasteiger partial charge >= 0.3 is 0 Å². The molecule has 0 aromatic rings. The number of hydrogen-bond donors (Lipinski definition) is 0. The lowest BCUT2D eigenvalue weighted by Crippen LogP contribution is -1.95. The molecule has 0 aromatic heterocycles. The molecule has 0 heterocycles. The van der Waals surface area contributed by atoms with Crippen molar-refractivity contribution in [2.75, 3.05) is 0 Å². The number of hydrogen-bond acceptors (Lipinski definition) is 1. The zero-order chi connectivity index (χ0) is 8.85. The molecule has 1 heteroatoms. The van der Waals surface area contributed by atoms with Gasteiger partial charge in [-0.25, -0.2) is 0 Å². The lowest BCUT2D eigenvalue weighted by atomic mass is 10.0. The zero-order valence-electron chi connectivity index (χ0n) is 7.72. The van der Waals surface area contributed by atoms with E-state index in [0.717, 1.165) is 12.1 Å². The summed E-state index contributed by atoms with van der Waals surface area (Å²) in [4.78, 5) is 4.09. The van der Waals surface area contributed by atoms with Crippen LogP contribution in [0, 0.1) is 5.92 Å². The van der Waals surface area contributed by atoms with Gasteiger partial charge < -0.3 is 0 Å². The molecule has 11 heavy (non-hydrogen) atoms. The maximum Gasteiger partial charge on any atom is 0.0297 e. The van der Waals surface area contributed by atoms with Gasteiger partial charge in [0, 0.05) is 11.9 Å². The van der Waals surface area contributed by atoms with Crippen LogP contribution in [-0.2, 0) is 0 Å². The van der Waals surface area contributed by atoms with Crippen LogP contribution in [0.1, 0.15) is 27.2 Å². The molecule has 0 rings (SSSR count). The fourth-order valence-electron chi connectivity index (χ4n) is 0.568. The van der Waals surface area contributed by atoms with Crippen LogP contribution in [0.25, 0.3) is 0 Å². The molecule has 62 valence electrons. The third kappa shape index (κ3) is 5.59. The van der Waals surface area contributed by atoms with Gasteiger partial charge in [0.1, 0.15) is 0 Å². The van der Waals surface area contributed by atoms with E-state index in [1.54, 1.807) is 0 Å². The Hall–Kier alpha value is -0.850. The monoisotopic (exact) mass is 151 g/mol. The van der Waals surface area contributed by atoms with Crippen molar-refractivity contribution in [1.29, 1.82) is 0 Å². The summed E-state index contributed by atoms with van der Waals surface area (Å²) in [6, 6.07) is 0. The Labute approximate surface area is 69.5 Å². The lowest BCUT2D eigenvalue weighted by Gasteiger charge is -2.05. The first-order chi connectivity index (χ1) is 5.04. The topological polar surface area (TPSA) is 12.4 Å². The van der Waals surface area contributed by atoms with Gasteiger partial charge in [-0.1, -0.05) is 25.7 Å². The predicted octanol–water partition coefficient (Wildman–Crippen LogP) is 3.19. The van der Waals surface area contributed by atoms with Crippen molar-refractivity contribution in [1.82, 2.24) is 0 Å². The highest BCUT2D eigenvalue weighted by Gasteiger charge is 1.98. The third-order valence-corrected chi connectivity index (χ3v) is 1.61. The first-order valence-electron chi connectivity index (χ1n) is 3.87. The predicted molar refractivity (Wildman–Crippen MR) is 51.9 cm³/mol. The Morgan fingerprint density at radius 1 is 1.45 bits per heavy atom. The summed E-state index contributed by atoms with van der Waals surface area (Å²) in [5.74, 6) is 0.526. The van der Waals surface area contributed by atoms with E-state index >= 15 is 0 Å². The highest BCUT2D eigenvalue weighted by Crippen LogP contribution is 2.09. The van der Waals surface area contributed by atoms with E-state index in [9.17, 15) is 0 Å². The van der Waals surface area contributed by atoms with Crippen LogP contribution in [0.5, 0.6) is 0 Å². The van der Waals surface area contributed by atoms with E-state index in [-0.39, 0.29) is 0 Å². The van der Waals surface area contributed by atoms with E-state index in [2.05, 4.69) is 25.1 Å². The molecular formula is C10H17N. The van der Waals surface area contributed by atoms with Gasteiger partial charge in [-0.2, -0.15) is 0 Å². The molecule has 0 spiro atoms. The summed E-state index contributed by atoms with van der Waals surface area (Å²) in [6.07, 6.45) is 2.86. The van der Waals surface area contributed by atoms with E-state index < -0.39 is 0 Å². The Morgan fingerprint density at radius 3 is 2.36 bits per heavy atom. The van der Waals surface area contributed by atoms with Crippen molar-refractivity contribution in [2.45, 2.75) is 27.2 Å². The van der Waals surface area contributed by atoms with Crippen LogP contribution < -0.4 is 0 Å². The average Bonchev–Trinajstić information content (AvgIpc) is 1.86. The maximum absolute atomic E-state index is 4.09. The van der Waals surface area contributed by atoms with Gasteiger partial charge in [0.25, 0.3) is 0 Å². The van der Waals surface area contributed by atoms with Gasteiger partial charge in [0.05, 0.1) is 0 Å². The standard InChI is InChI=1S/C10H17N/c1-8(2)10(5)6-7-11-9(3)4/h7,10H,1,3,6H2,2,4-5H3/b11-7+. The van der Waals surface area contributed by atoms with Crippen molar-refractivity contribution in [3.63, 3.8) is 0 Å². The van der Waals surface area contributed by atoms with E-state index in [4.69, 9.17) is 0 Å². The molecule has 0 aromatic carbocycles. The normalized spacial score (nSPS) is 13.4. The number of nitrogens with zero attached hydrogens (tertiary/aromatic N) is 1. The molecule has 0 aliphatic rings. The molecule has 1 atom stereocenters. The number of aliphatic imine (C=N–C) groups is 1. The summed E-state index contributed by atoms with van der Waals surface area (Å²) in [7, 11) is 0. The van der Waals surface area contributed by atoms with Crippen LogP contribution >= 0.6 is 0 Å². The number of allylic oxidation sites excluding steroid dienone is 2. The summed E-state index contributed by atoms with van der Waals surface area (Å²) >= 11 is 0. The second-order valence-corrected chi connectivity index (χ2v) is 3.03. The first kappa shape index (κ1) is 10.2. The second kappa shape index (κ2) is 4.89. The van der Waals surface area contributed by atoms with Crippen LogP contribution in [0.2, 0.25) is 0 Å². The fraction of sp³-hybridized carbons (Fsp3) is 0.500. The first-order valence-corrected chi connectivity index (χ1v) is 3.87. The summed E-state index contributed by atoms with van der Waals surface area (Å²) < 4.78 is 0. The Morgan fingerprint density at radius 2 is 2.00 bits per heavy atom. The molecule has 1 nitrogen and oxygen atoms in total. The second-order valence-electron chi connectivity index (χ2n) is 3.03. The van der Waals surface area contributed by atoms with Crippen molar-refractivity contribution in [2.24, 2.45) is 10.9 Å². The van der Waals surface area contributed by atoms with E-state index in [1.807, 2.05) is 20.1 Å². The molecule has 0 fully saturated rings. The zero-order valence-corrected chi connectivity index (χ0v) is 7.72. The largest absolute Gasteiger partial charge is 0.267 e. The maximum atomic E-state index is 4.09. The Bertz CT molecular complexity index is 177. The smallest absolute Gasteiger partial charge is 0.0297 e. The summed E-state index contributed by atoms with van der Waals surface area (Å²) in [5.41, 5.74) is 2.07. The van der Waals surface area contributed by atoms with Crippen LogP contribution in [0.3, 0.4) is 0 Å².